The lowest BCUT2D eigenvalue weighted by Crippen LogP contribution is -2.58. The molecule has 0 fully saturated rings. The van der Waals surface area contributed by atoms with Crippen LogP contribution in [-0.2, 0) is 41.6 Å². The van der Waals surface area contributed by atoms with Crippen LogP contribution in [0.2, 0.25) is 0 Å². The summed E-state index contributed by atoms with van der Waals surface area (Å²) < 4.78 is 0. The van der Waals surface area contributed by atoms with E-state index in [-0.39, 0.29) is 12.8 Å². The van der Waals surface area contributed by atoms with Gasteiger partial charge in [0, 0.05) is 29.9 Å². The maximum absolute atomic E-state index is 13.3. The lowest BCUT2D eigenvalue weighted by molar-refractivity contribution is -0.142. The number of para-hydroxylation sites is 1. The minimum absolute atomic E-state index is 0.0680. The van der Waals surface area contributed by atoms with Crippen LogP contribution in [0, 0.1) is 0 Å². The van der Waals surface area contributed by atoms with E-state index in [0.717, 1.165) is 10.9 Å². The molecular formula is C28H32N6O8. The van der Waals surface area contributed by atoms with Crippen LogP contribution in [-0.4, -0.2) is 74.9 Å². The van der Waals surface area contributed by atoms with Crippen molar-refractivity contribution in [3.8, 4) is 0 Å². The molecule has 3 rings (SSSR count). The number of hydrogen-bond donors (Lipinski definition) is 8. The van der Waals surface area contributed by atoms with E-state index in [1.807, 2.05) is 12.1 Å². The fraction of sp³-hybridized carbons (Fsp3) is 0.286. The van der Waals surface area contributed by atoms with Crippen LogP contribution in [0.15, 0.2) is 60.8 Å². The highest BCUT2D eigenvalue weighted by molar-refractivity contribution is 5.96. The van der Waals surface area contributed by atoms with Crippen LogP contribution in [0.3, 0.4) is 0 Å². The van der Waals surface area contributed by atoms with Crippen molar-refractivity contribution in [2.75, 3.05) is 0 Å². The van der Waals surface area contributed by atoms with Crippen LogP contribution >= 0.6 is 0 Å². The molecule has 0 saturated heterocycles. The van der Waals surface area contributed by atoms with Gasteiger partial charge in [0.2, 0.25) is 23.6 Å². The van der Waals surface area contributed by atoms with E-state index >= 15 is 0 Å². The smallest absolute Gasteiger partial charge is 0.326 e. The molecule has 2 aromatic carbocycles. The van der Waals surface area contributed by atoms with Crippen molar-refractivity contribution >= 4 is 46.5 Å². The van der Waals surface area contributed by atoms with Gasteiger partial charge in [0.1, 0.15) is 18.1 Å². The number of rotatable bonds is 15. The Morgan fingerprint density at radius 3 is 1.98 bits per heavy atom. The number of aliphatic carboxylic acids is 2. The first-order chi connectivity index (χ1) is 19.9. The molecule has 1 heterocycles. The summed E-state index contributed by atoms with van der Waals surface area (Å²) in [6, 6.07) is 9.91. The van der Waals surface area contributed by atoms with Crippen molar-refractivity contribution < 1.29 is 39.0 Å². The number of carbonyl (C=O) groups excluding carboxylic acids is 4. The van der Waals surface area contributed by atoms with Crippen molar-refractivity contribution in [3.63, 3.8) is 0 Å². The molecule has 0 aliphatic rings. The van der Waals surface area contributed by atoms with Gasteiger partial charge in [-0.25, -0.2) is 4.79 Å². The lowest BCUT2D eigenvalue weighted by atomic mass is 10.0. The SMILES string of the molecule is NC(=O)CC(NC(=O)C(Cc1ccccc1)NC(=O)C(N)CC(=O)O)C(=O)NC(Cc1c[nH]c2ccccc12)C(=O)O. The number of aromatic nitrogens is 1. The minimum Gasteiger partial charge on any atom is -0.481 e. The summed E-state index contributed by atoms with van der Waals surface area (Å²) in [5, 5.41) is 26.6. The predicted molar refractivity (Wildman–Crippen MR) is 150 cm³/mol. The van der Waals surface area contributed by atoms with E-state index in [2.05, 4.69) is 20.9 Å². The summed E-state index contributed by atoms with van der Waals surface area (Å²) in [6.07, 6.45) is 0.103. The molecule has 14 heteroatoms. The van der Waals surface area contributed by atoms with Crippen LogP contribution < -0.4 is 27.4 Å². The molecule has 10 N–H and O–H groups in total. The summed E-state index contributed by atoms with van der Waals surface area (Å²) in [7, 11) is 0. The van der Waals surface area contributed by atoms with Gasteiger partial charge in [-0.2, -0.15) is 0 Å². The van der Waals surface area contributed by atoms with E-state index < -0.39 is 72.6 Å². The Labute approximate surface area is 239 Å². The van der Waals surface area contributed by atoms with Gasteiger partial charge in [-0.1, -0.05) is 48.5 Å². The molecule has 0 spiro atoms. The molecule has 0 bridgehead atoms. The normalized spacial score (nSPS) is 13.7. The molecule has 0 saturated carbocycles. The van der Waals surface area contributed by atoms with Crippen LogP contribution in [0.25, 0.3) is 10.9 Å². The minimum atomic E-state index is -1.58. The van der Waals surface area contributed by atoms with Crippen LogP contribution in [0.5, 0.6) is 0 Å². The summed E-state index contributed by atoms with van der Waals surface area (Å²) >= 11 is 0. The number of nitrogens with one attached hydrogen (secondary N) is 4. The number of amides is 4. The average molecular weight is 581 g/mol. The third kappa shape index (κ3) is 8.89. The molecule has 14 nitrogen and oxygen atoms in total. The molecule has 222 valence electrons. The van der Waals surface area contributed by atoms with Crippen molar-refractivity contribution in [1.82, 2.24) is 20.9 Å². The fourth-order valence-electron chi connectivity index (χ4n) is 4.29. The Kier molecular flexibility index (Phi) is 10.7. The second kappa shape index (κ2) is 14.4. The number of carbonyl (C=O) groups is 6. The Bertz CT molecular complexity index is 1460. The maximum Gasteiger partial charge on any atom is 0.326 e. The van der Waals surface area contributed by atoms with Gasteiger partial charge < -0.3 is 42.6 Å². The number of carboxylic acid groups (broad SMARTS) is 2. The highest BCUT2D eigenvalue weighted by Gasteiger charge is 2.32. The van der Waals surface area contributed by atoms with Gasteiger partial charge in [0.15, 0.2) is 0 Å². The number of aromatic amines is 1. The number of fused-ring (bicyclic) bond motifs is 1. The van der Waals surface area contributed by atoms with Crippen LogP contribution in [0.1, 0.15) is 24.0 Å². The zero-order valence-corrected chi connectivity index (χ0v) is 22.4. The molecule has 0 radical (unpaired) electrons. The Balaban J connectivity index is 1.78. The highest BCUT2D eigenvalue weighted by Crippen LogP contribution is 2.19. The second-order valence-corrected chi connectivity index (χ2v) is 9.65. The Morgan fingerprint density at radius 1 is 0.738 bits per heavy atom. The molecule has 0 aliphatic heterocycles. The highest BCUT2D eigenvalue weighted by atomic mass is 16.4. The molecule has 4 amide bonds. The Morgan fingerprint density at radius 2 is 1.33 bits per heavy atom. The first kappa shape index (κ1) is 31.3. The van der Waals surface area contributed by atoms with Crippen molar-refractivity contribution in [3.05, 3.63) is 71.9 Å². The van der Waals surface area contributed by atoms with E-state index in [1.165, 1.54) is 0 Å². The summed E-state index contributed by atoms with van der Waals surface area (Å²) in [5.74, 6) is -6.43. The van der Waals surface area contributed by atoms with Gasteiger partial charge in [-0.15, -0.1) is 0 Å². The number of hydrogen-bond acceptors (Lipinski definition) is 7. The topological polar surface area (TPSA) is 247 Å². The summed E-state index contributed by atoms with van der Waals surface area (Å²) in [6.45, 7) is 0. The van der Waals surface area contributed by atoms with Gasteiger partial charge in [0.05, 0.1) is 18.9 Å². The van der Waals surface area contributed by atoms with E-state index in [9.17, 15) is 33.9 Å². The quantitative estimate of drug-likeness (QED) is 0.112. The molecule has 4 atom stereocenters. The number of carboxylic acids is 2. The number of benzene rings is 2. The molecule has 3 aromatic rings. The lowest BCUT2D eigenvalue weighted by Gasteiger charge is -2.25. The zero-order valence-electron chi connectivity index (χ0n) is 22.4. The standard InChI is InChI=1S/C28H32N6O8/c29-18(12-24(36)37)25(38)32-20(10-15-6-2-1-3-7-15)26(39)33-21(13-23(30)35)27(40)34-22(28(41)42)11-16-14-31-19-9-5-4-8-17(16)19/h1-9,14,18,20-22,31H,10-13,29H2,(H2,30,35)(H,32,38)(H,33,39)(H,34,40)(H,36,37)(H,41,42). The van der Waals surface area contributed by atoms with Crippen molar-refractivity contribution in [2.24, 2.45) is 11.5 Å². The molecular weight excluding hydrogens is 548 g/mol. The van der Waals surface area contributed by atoms with Gasteiger partial charge in [-0.05, 0) is 17.2 Å². The molecule has 42 heavy (non-hydrogen) atoms. The van der Waals surface area contributed by atoms with Gasteiger partial charge in [-0.3, -0.25) is 24.0 Å². The molecule has 0 aliphatic carbocycles. The van der Waals surface area contributed by atoms with Gasteiger partial charge in [0.25, 0.3) is 0 Å². The average Bonchev–Trinajstić information content (AvgIpc) is 3.34. The maximum atomic E-state index is 13.3. The Hall–Kier alpha value is -5.24. The number of nitrogens with two attached hydrogens (primary N) is 2. The molecule has 4 unspecified atom stereocenters. The largest absolute Gasteiger partial charge is 0.481 e. The van der Waals surface area contributed by atoms with E-state index in [0.29, 0.717) is 11.1 Å². The monoisotopic (exact) mass is 580 g/mol. The second-order valence-electron chi connectivity index (χ2n) is 9.65. The first-order valence-electron chi connectivity index (χ1n) is 12.9. The third-order valence-electron chi connectivity index (χ3n) is 6.40. The predicted octanol–water partition coefficient (Wildman–Crippen LogP) is -0.830. The third-order valence-corrected chi connectivity index (χ3v) is 6.40. The zero-order chi connectivity index (χ0) is 30.8. The summed E-state index contributed by atoms with van der Waals surface area (Å²) in [4.78, 5) is 76.8. The summed E-state index contributed by atoms with van der Waals surface area (Å²) in [5.41, 5.74) is 13.0. The van der Waals surface area contributed by atoms with Crippen molar-refractivity contribution in [1.29, 1.82) is 0 Å². The van der Waals surface area contributed by atoms with E-state index in [1.54, 1.807) is 48.7 Å². The van der Waals surface area contributed by atoms with E-state index in [4.69, 9.17) is 16.6 Å². The van der Waals surface area contributed by atoms with Gasteiger partial charge >= 0.3 is 11.9 Å². The first-order valence-corrected chi connectivity index (χ1v) is 12.9. The van der Waals surface area contributed by atoms with Crippen molar-refractivity contribution in [2.45, 2.75) is 49.9 Å². The number of H-pyrrole nitrogens is 1. The fourth-order valence-corrected chi connectivity index (χ4v) is 4.29. The molecule has 1 aromatic heterocycles. The number of primary amides is 1. The van der Waals surface area contributed by atoms with Crippen LogP contribution in [0.4, 0.5) is 0 Å².